The van der Waals surface area contributed by atoms with Crippen LogP contribution in [0.15, 0.2) is 23.1 Å². The fourth-order valence-corrected chi connectivity index (χ4v) is 3.54. The molecule has 4 nitrogen and oxygen atoms in total. The number of nitrogens with two attached hydrogens (primary N) is 1. The average molecular weight is 315 g/mol. The summed E-state index contributed by atoms with van der Waals surface area (Å²) in [6.45, 7) is 1.55. The molecule has 1 fully saturated rings. The molecule has 0 aliphatic carbocycles. The first-order valence-corrected chi connectivity index (χ1v) is 8.49. The van der Waals surface area contributed by atoms with Crippen molar-refractivity contribution in [3.05, 3.63) is 23.2 Å². The van der Waals surface area contributed by atoms with Gasteiger partial charge in [-0.15, -0.1) is 0 Å². The number of nitrogens with zero attached hydrogens (tertiary/aromatic N) is 1. The van der Waals surface area contributed by atoms with Crippen LogP contribution in [0.5, 0.6) is 0 Å². The monoisotopic (exact) mass is 314 g/mol. The molecule has 6 heteroatoms. The van der Waals surface area contributed by atoms with E-state index in [1.165, 1.54) is 12.8 Å². The van der Waals surface area contributed by atoms with Gasteiger partial charge in [-0.05, 0) is 31.0 Å². The highest BCUT2D eigenvalue weighted by Gasteiger charge is 2.18. The summed E-state index contributed by atoms with van der Waals surface area (Å²) in [4.78, 5) is 14.5. The fraction of sp³-hybridized carbons (Fsp3) is 0.500. The Labute approximate surface area is 126 Å². The number of carbonyl (C=O) groups excluding carboxylic acids is 1. The van der Waals surface area contributed by atoms with Crippen molar-refractivity contribution in [2.24, 2.45) is 0 Å². The number of amides is 1. The number of halogens is 1. The highest BCUT2D eigenvalue weighted by molar-refractivity contribution is 7.85. The Bertz CT molecular complexity index is 514. The van der Waals surface area contributed by atoms with E-state index in [0.717, 1.165) is 25.9 Å². The molecule has 1 heterocycles. The van der Waals surface area contributed by atoms with E-state index in [1.54, 1.807) is 18.2 Å². The van der Waals surface area contributed by atoms with Gasteiger partial charge in [-0.3, -0.25) is 9.00 Å². The Hall–Kier alpha value is -1.07. The second-order valence-corrected chi connectivity index (χ2v) is 6.83. The van der Waals surface area contributed by atoms with E-state index in [-0.39, 0.29) is 11.7 Å². The van der Waals surface area contributed by atoms with Gasteiger partial charge in [0.2, 0.25) is 5.91 Å². The zero-order valence-electron chi connectivity index (χ0n) is 11.3. The molecule has 1 atom stereocenters. The smallest absolute Gasteiger partial charge is 0.235 e. The quantitative estimate of drug-likeness (QED) is 0.872. The Morgan fingerprint density at radius 2 is 1.90 bits per heavy atom. The van der Waals surface area contributed by atoms with Crippen LogP contribution >= 0.6 is 11.6 Å². The van der Waals surface area contributed by atoms with Crippen molar-refractivity contribution in [3.8, 4) is 0 Å². The van der Waals surface area contributed by atoms with Crippen LogP contribution in [0.25, 0.3) is 0 Å². The lowest BCUT2D eigenvalue weighted by Crippen LogP contribution is -2.35. The van der Waals surface area contributed by atoms with Crippen LogP contribution in [-0.4, -0.2) is 33.9 Å². The number of hydrogen-bond acceptors (Lipinski definition) is 3. The maximum absolute atomic E-state index is 12.2. The van der Waals surface area contributed by atoms with Gasteiger partial charge in [-0.1, -0.05) is 24.4 Å². The standard InChI is InChI=1S/C14H19ClN2O2S/c15-12-9-11(5-6-13(12)16)20(19)10-14(18)17-7-3-1-2-4-8-17/h5-6,9H,1-4,7-8,10,16H2. The van der Waals surface area contributed by atoms with Gasteiger partial charge < -0.3 is 10.6 Å². The Morgan fingerprint density at radius 1 is 1.25 bits per heavy atom. The molecule has 2 N–H and O–H groups in total. The van der Waals surface area contributed by atoms with Gasteiger partial charge in [0.15, 0.2) is 0 Å². The number of hydrogen-bond donors (Lipinski definition) is 1. The minimum Gasteiger partial charge on any atom is -0.398 e. The van der Waals surface area contributed by atoms with Crippen molar-refractivity contribution in [3.63, 3.8) is 0 Å². The van der Waals surface area contributed by atoms with Crippen LogP contribution in [0.2, 0.25) is 5.02 Å². The molecular formula is C14H19ClN2O2S. The molecule has 2 rings (SSSR count). The van der Waals surface area contributed by atoms with Crippen LogP contribution in [0.1, 0.15) is 25.7 Å². The van der Waals surface area contributed by atoms with Crippen molar-refractivity contribution in [2.75, 3.05) is 24.6 Å². The van der Waals surface area contributed by atoms with E-state index in [2.05, 4.69) is 0 Å². The first kappa shape index (κ1) is 15.3. The number of anilines is 1. The lowest BCUT2D eigenvalue weighted by atomic mass is 10.2. The van der Waals surface area contributed by atoms with Crippen molar-refractivity contribution in [1.82, 2.24) is 4.90 Å². The Balaban J connectivity index is 1.99. The van der Waals surface area contributed by atoms with E-state index in [4.69, 9.17) is 17.3 Å². The molecule has 0 saturated carbocycles. The minimum absolute atomic E-state index is 0.0141. The normalized spacial score (nSPS) is 17.6. The maximum Gasteiger partial charge on any atom is 0.235 e. The van der Waals surface area contributed by atoms with Gasteiger partial charge in [-0.25, -0.2) is 0 Å². The third kappa shape index (κ3) is 3.96. The van der Waals surface area contributed by atoms with Crippen LogP contribution in [-0.2, 0) is 15.6 Å². The largest absolute Gasteiger partial charge is 0.398 e. The third-order valence-corrected chi connectivity index (χ3v) is 5.06. The summed E-state index contributed by atoms with van der Waals surface area (Å²) in [6, 6.07) is 4.85. The first-order chi connectivity index (χ1) is 9.58. The summed E-state index contributed by atoms with van der Waals surface area (Å²) < 4.78 is 12.2. The highest BCUT2D eigenvalue weighted by Crippen LogP contribution is 2.22. The molecule has 110 valence electrons. The number of carbonyl (C=O) groups is 1. The molecule has 0 bridgehead atoms. The molecule has 1 aliphatic rings. The molecular weight excluding hydrogens is 296 g/mol. The van der Waals surface area contributed by atoms with Crippen molar-refractivity contribution in [1.29, 1.82) is 0 Å². The highest BCUT2D eigenvalue weighted by atomic mass is 35.5. The average Bonchev–Trinajstić information content (AvgIpc) is 2.70. The Kier molecular flexibility index (Phi) is 5.43. The lowest BCUT2D eigenvalue weighted by Gasteiger charge is -2.20. The fourth-order valence-electron chi connectivity index (χ4n) is 2.26. The number of benzene rings is 1. The topological polar surface area (TPSA) is 63.4 Å². The molecule has 1 saturated heterocycles. The van der Waals surface area contributed by atoms with Crippen molar-refractivity contribution >= 4 is 34.0 Å². The number of nitrogen functional groups attached to an aromatic ring is 1. The maximum atomic E-state index is 12.2. The summed E-state index contributed by atoms with van der Waals surface area (Å²) in [6.07, 6.45) is 4.40. The van der Waals surface area contributed by atoms with Crippen molar-refractivity contribution in [2.45, 2.75) is 30.6 Å². The SMILES string of the molecule is Nc1ccc(S(=O)CC(=O)N2CCCCCC2)cc1Cl. The molecule has 1 amide bonds. The lowest BCUT2D eigenvalue weighted by molar-refractivity contribution is -0.128. The van der Waals surface area contributed by atoms with Crippen LogP contribution in [0, 0.1) is 0 Å². The van der Waals surface area contributed by atoms with Gasteiger partial charge in [-0.2, -0.15) is 0 Å². The summed E-state index contributed by atoms with van der Waals surface area (Å²) in [5.41, 5.74) is 6.07. The number of likely N-dealkylation sites (tertiary alicyclic amines) is 1. The zero-order valence-corrected chi connectivity index (χ0v) is 12.9. The van der Waals surface area contributed by atoms with Gasteiger partial charge in [0.05, 0.1) is 21.5 Å². The minimum atomic E-state index is -1.37. The van der Waals surface area contributed by atoms with Crippen LogP contribution in [0.4, 0.5) is 5.69 Å². The van der Waals surface area contributed by atoms with E-state index < -0.39 is 10.8 Å². The third-order valence-electron chi connectivity index (χ3n) is 3.45. The van der Waals surface area contributed by atoms with E-state index in [9.17, 15) is 9.00 Å². The molecule has 1 aliphatic heterocycles. The molecule has 1 aromatic carbocycles. The summed E-state index contributed by atoms with van der Waals surface area (Å²) >= 11 is 5.91. The molecule has 20 heavy (non-hydrogen) atoms. The van der Waals surface area contributed by atoms with Crippen LogP contribution in [0.3, 0.4) is 0 Å². The zero-order chi connectivity index (χ0) is 14.5. The Morgan fingerprint density at radius 3 is 2.50 bits per heavy atom. The second kappa shape index (κ2) is 7.09. The predicted octanol–water partition coefficient (Wildman–Crippen LogP) is 2.43. The summed E-state index contributed by atoms with van der Waals surface area (Å²) in [5.74, 6) is -0.0292. The van der Waals surface area contributed by atoms with E-state index in [1.807, 2.05) is 4.90 Å². The molecule has 0 spiro atoms. The first-order valence-electron chi connectivity index (χ1n) is 6.79. The van der Waals surface area contributed by atoms with E-state index >= 15 is 0 Å². The number of rotatable bonds is 3. The summed E-state index contributed by atoms with van der Waals surface area (Å²) in [5, 5.41) is 0.373. The summed E-state index contributed by atoms with van der Waals surface area (Å²) in [7, 11) is -1.37. The van der Waals surface area contributed by atoms with Crippen LogP contribution < -0.4 is 5.73 Å². The molecule has 0 aromatic heterocycles. The molecule has 1 unspecified atom stereocenters. The van der Waals surface area contributed by atoms with Crippen molar-refractivity contribution < 1.29 is 9.00 Å². The molecule has 0 radical (unpaired) electrons. The van der Waals surface area contributed by atoms with Gasteiger partial charge in [0, 0.05) is 18.0 Å². The predicted molar refractivity (Wildman–Crippen MR) is 82.2 cm³/mol. The molecule has 1 aromatic rings. The second-order valence-electron chi connectivity index (χ2n) is 4.97. The van der Waals surface area contributed by atoms with Gasteiger partial charge in [0.1, 0.15) is 5.75 Å². The van der Waals surface area contributed by atoms with E-state index in [0.29, 0.717) is 15.6 Å². The van der Waals surface area contributed by atoms with Gasteiger partial charge in [0.25, 0.3) is 0 Å². The van der Waals surface area contributed by atoms with Gasteiger partial charge >= 0.3 is 0 Å².